The highest BCUT2D eigenvalue weighted by Crippen LogP contribution is 2.32. The molecule has 0 aromatic carbocycles. The molecule has 0 unspecified atom stereocenters. The van der Waals surface area contributed by atoms with Gasteiger partial charge in [-0.3, -0.25) is 4.68 Å². The second-order valence-corrected chi connectivity index (χ2v) is 4.50. The standard InChI is InChI=1S/C10H14N4S/c1-6(2)8-9(7-4-12-15-5-7)13-14(3)10(8)11/h4-6H,11H2,1-3H3. The van der Waals surface area contributed by atoms with Gasteiger partial charge in [-0.1, -0.05) is 13.8 Å². The highest BCUT2D eigenvalue weighted by atomic mass is 32.1. The topological polar surface area (TPSA) is 56.7 Å². The van der Waals surface area contributed by atoms with Gasteiger partial charge in [0.2, 0.25) is 0 Å². The Balaban J connectivity index is 2.61. The van der Waals surface area contributed by atoms with Crippen molar-refractivity contribution in [3.8, 4) is 11.3 Å². The van der Waals surface area contributed by atoms with Crippen LogP contribution in [0.15, 0.2) is 11.6 Å². The molecule has 0 bridgehead atoms. The van der Waals surface area contributed by atoms with E-state index in [1.807, 2.05) is 18.6 Å². The minimum absolute atomic E-state index is 0.369. The summed E-state index contributed by atoms with van der Waals surface area (Å²) in [6.07, 6.45) is 1.83. The van der Waals surface area contributed by atoms with Gasteiger partial charge in [-0.2, -0.15) is 5.10 Å². The molecule has 2 N–H and O–H groups in total. The van der Waals surface area contributed by atoms with Crippen LogP contribution in [-0.4, -0.2) is 14.2 Å². The smallest absolute Gasteiger partial charge is 0.125 e. The van der Waals surface area contributed by atoms with E-state index in [1.165, 1.54) is 11.5 Å². The van der Waals surface area contributed by atoms with Crippen molar-refractivity contribution in [2.75, 3.05) is 5.73 Å². The molecule has 0 saturated carbocycles. The number of hydrogen-bond donors (Lipinski definition) is 1. The minimum atomic E-state index is 0.369. The van der Waals surface area contributed by atoms with E-state index < -0.39 is 0 Å². The van der Waals surface area contributed by atoms with E-state index >= 15 is 0 Å². The molecule has 2 aromatic rings. The summed E-state index contributed by atoms with van der Waals surface area (Å²) < 4.78 is 5.81. The number of rotatable bonds is 2. The predicted molar refractivity (Wildman–Crippen MR) is 62.8 cm³/mol. The van der Waals surface area contributed by atoms with Gasteiger partial charge in [0.25, 0.3) is 0 Å². The first-order chi connectivity index (χ1) is 7.11. The van der Waals surface area contributed by atoms with Gasteiger partial charge in [0, 0.05) is 23.6 Å². The van der Waals surface area contributed by atoms with Crippen LogP contribution in [0, 0.1) is 0 Å². The van der Waals surface area contributed by atoms with Crippen LogP contribution in [0.1, 0.15) is 25.3 Å². The molecule has 0 fully saturated rings. The third-order valence-electron chi connectivity index (χ3n) is 2.41. The van der Waals surface area contributed by atoms with Gasteiger partial charge in [0.05, 0.1) is 6.20 Å². The summed E-state index contributed by atoms with van der Waals surface area (Å²) in [4.78, 5) is 0. The van der Waals surface area contributed by atoms with Gasteiger partial charge in [0.1, 0.15) is 11.5 Å². The molecule has 0 radical (unpaired) electrons. The second-order valence-electron chi connectivity index (χ2n) is 3.84. The number of nitrogens with two attached hydrogens (primary N) is 1. The fourth-order valence-electron chi connectivity index (χ4n) is 1.66. The molecule has 80 valence electrons. The lowest BCUT2D eigenvalue weighted by molar-refractivity contribution is 0.780. The highest BCUT2D eigenvalue weighted by molar-refractivity contribution is 7.03. The average molecular weight is 222 g/mol. The molecule has 0 aliphatic heterocycles. The number of aryl methyl sites for hydroxylation is 1. The van der Waals surface area contributed by atoms with Crippen LogP contribution in [0.4, 0.5) is 5.82 Å². The number of anilines is 1. The van der Waals surface area contributed by atoms with E-state index in [-0.39, 0.29) is 0 Å². The van der Waals surface area contributed by atoms with Gasteiger partial charge in [-0.05, 0) is 17.5 Å². The lowest BCUT2D eigenvalue weighted by Crippen LogP contribution is -2.00. The zero-order valence-corrected chi connectivity index (χ0v) is 9.88. The van der Waals surface area contributed by atoms with Crippen LogP contribution in [0.2, 0.25) is 0 Å². The Hall–Kier alpha value is -1.36. The Morgan fingerprint density at radius 2 is 2.20 bits per heavy atom. The average Bonchev–Trinajstić information content (AvgIpc) is 2.75. The first kappa shape index (κ1) is 10.2. The van der Waals surface area contributed by atoms with Crippen molar-refractivity contribution in [1.82, 2.24) is 14.2 Å². The van der Waals surface area contributed by atoms with Crippen LogP contribution < -0.4 is 5.73 Å². The molecular weight excluding hydrogens is 208 g/mol. The summed E-state index contributed by atoms with van der Waals surface area (Å²) >= 11 is 1.43. The fourth-order valence-corrected chi connectivity index (χ4v) is 2.18. The molecule has 0 amide bonds. The van der Waals surface area contributed by atoms with E-state index in [1.54, 1.807) is 4.68 Å². The molecule has 15 heavy (non-hydrogen) atoms. The lowest BCUT2D eigenvalue weighted by atomic mass is 10.0. The van der Waals surface area contributed by atoms with Crippen molar-refractivity contribution in [3.05, 3.63) is 17.1 Å². The van der Waals surface area contributed by atoms with Crippen molar-refractivity contribution >= 4 is 17.4 Å². The molecule has 0 aliphatic rings. The van der Waals surface area contributed by atoms with Gasteiger partial charge < -0.3 is 5.73 Å². The van der Waals surface area contributed by atoms with Crippen LogP contribution in [0.5, 0.6) is 0 Å². The molecule has 0 saturated heterocycles. The van der Waals surface area contributed by atoms with E-state index in [9.17, 15) is 0 Å². The molecule has 2 heterocycles. The van der Waals surface area contributed by atoms with E-state index in [2.05, 4.69) is 23.3 Å². The number of nitrogens with zero attached hydrogens (tertiary/aromatic N) is 3. The van der Waals surface area contributed by atoms with Gasteiger partial charge in [0.15, 0.2) is 0 Å². The normalized spacial score (nSPS) is 11.2. The molecule has 0 aliphatic carbocycles. The monoisotopic (exact) mass is 222 g/mol. The van der Waals surface area contributed by atoms with Crippen LogP contribution in [-0.2, 0) is 7.05 Å². The van der Waals surface area contributed by atoms with Gasteiger partial charge >= 0.3 is 0 Å². The van der Waals surface area contributed by atoms with Crippen molar-refractivity contribution < 1.29 is 0 Å². The molecule has 2 aromatic heterocycles. The van der Waals surface area contributed by atoms with Gasteiger partial charge in [-0.25, -0.2) is 4.37 Å². The Bertz CT molecular complexity index is 456. The minimum Gasteiger partial charge on any atom is -0.384 e. The Morgan fingerprint density at radius 1 is 1.47 bits per heavy atom. The van der Waals surface area contributed by atoms with Crippen LogP contribution in [0.25, 0.3) is 11.3 Å². The lowest BCUT2D eigenvalue weighted by Gasteiger charge is -2.05. The Kier molecular flexibility index (Phi) is 2.48. The van der Waals surface area contributed by atoms with E-state index in [0.717, 1.165) is 22.6 Å². The van der Waals surface area contributed by atoms with Crippen molar-refractivity contribution in [2.45, 2.75) is 19.8 Å². The van der Waals surface area contributed by atoms with E-state index in [4.69, 9.17) is 5.73 Å². The second kappa shape index (κ2) is 3.66. The summed E-state index contributed by atoms with van der Waals surface area (Å²) in [5.41, 5.74) is 9.11. The maximum absolute atomic E-state index is 5.99. The molecular formula is C10H14N4S. The first-order valence-electron chi connectivity index (χ1n) is 4.83. The Labute approximate surface area is 92.9 Å². The molecule has 4 nitrogen and oxygen atoms in total. The fraction of sp³-hybridized carbons (Fsp3) is 0.400. The van der Waals surface area contributed by atoms with Gasteiger partial charge in [-0.15, -0.1) is 0 Å². The van der Waals surface area contributed by atoms with Crippen LogP contribution in [0.3, 0.4) is 0 Å². The quantitative estimate of drug-likeness (QED) is 0.847. The largest absolute Gasteiger partial charge is 0.384 e. The zero-order valence-electron chi connectivity index (χ0n) is 9.06. The molecule has 0 spiro atoms. The summed E-state index contributed by atoms with van der Waals surface area (Å²) in [6, 6.07) is 0. The van der Waals surface area contributed by atoms with Crippen molar-refractivity contribution in [2.24, 2.45) is 7.05 Å². The molecule has 5 heteroatoms. The molecule has 0 atom stereocenters. The van der Waals surface area contributed by atoms with Crippen molar-refractivity contribution in [3.63, 3.8) is 0 Å². The maximum Gasteiger partial charge on any atom is 0.125 e. The summed E-state index contributed by atoms with van der Waals surface area (Å²) in [5, 5.41) is 6.43. The predicted octanol–water partition coefficient (Wildman–Crippen LogP) is 2.25. The summed E-state index contributed by atoms with van der Waals surface area (Å²) in [6.45, 7) is 4.24. The summed E-state index contributed by atoms with van der Waals surface area (Å²) in [5.74, 6) is 1.11. The third kappa shape index (κ3) is 1.63. The van der Waals surface area contributed by atoms with Crippen molar-refractivity contribution in [1.29, 1.82) is 0 Å². The number of nitrogen functional groups attached to an aromatic ring is 1. The summed E-state index contributed by atoms with van der Waals surface area (Å²) in [7, 11) is 1.87. The Morgan fingerprint density at radius 3 is 2.73 bits per heavy atom. The first-order valence-corrected chi connectivity index (χ1v) is 5.67. The zero-order chi connectivity index (χ0) is 11.0. The number of aromatic nitrogens is 3. The molecule has 2 rings (SSSR count). The number of hydrogen-bond acceptors (Lipinski definition) is 4. The van der Waals surface area contributed by atoms with Crippen LogP contribution >= 0.6 is 11.5 Å². The van der Waals surface area contributed by atoms with E-state index in [0.29, 0.717) is 5.92 Å². The maximum atomic E-state index is 5.99. The third-order valence-corrected chi connectivity index (χ3v) is 3.00. The highest BCUT2D eigenvalue weighted by Gasteiger charge is 2.18. The SMILES string of the molecule is CC(C)c1c(-c2cnsc2)nn(C)c1N.